The van der Waals surface area contributed by atoms with E-state index >= 15 is 0 Å². The third kappa shape index (κ3) is 4.59. The van der Waals surface area contributed by atoms with Crippen molar-refractivity contribution in [1.29, 1.82) is 0 Å². The number of amides is 2. The van der Waals surface area contributed by atoms with Crippen LogP contribution in [-0.4, -0.2) is 50.7 Å². The number of aliphatic hydroxyl groups is 1. The quantitative estimate of drug-likeness (QED) is 0.543. The Hall–Kier alpha value is -3.12. The fourth-order valence-corrected chi connectivity index (χ4v) is 5.17. The third-order valence-electron chi connectivity index (χ3n) is 6.40. The van der Waals surface area contributed by atoms with Gasteiger partial charge in [0.2, 0.25) is 5.82 Å². The summed E-state index contributed by atoms with van der Waals surface area (Å²) in [7, 11) is 0. The Morgan fingerprint density at radius 2 is 1.83 bits per heavy atom. The van der Waals surface area contributed by atoms with E-state index < -0.39 is 47.8 Å². The number of rotatable bonds is 6. The van der Waals surface area contributed by atoms with E-state index in [-0.39, 0.29) is 18.1 Å². The Morgan fingerprint density at radius 3 is 2.49 bits per heavy atom. The number of nitrogens with one attached hydrogen (secondary N) is 2. The first kappa shape index (κ1) is 23.6. The molecule has 0 unspecified atom stereocenters. The minimum Gasteiger partial charge on any atom is -0.481 e. The van der Waals surface area contributed by atoms with Gasteiger partial charge in [-0.3, -0.25) is 9.59 Å². The summed E-state index contributed by atoms with van der Waals surface area (Å²) in [5.41, 5.74) is -0.361. The van der Waals surface area contributed by atoms with Crippen LogP contribution in [0.5, 0.6) is 11.5 Å². The predicted molar refractivity (Wildman–Crippen MR) is 114 cm³/mol. The number of carbonyl (C=O) groups is 2. The lowest BCUT2D eigenvalue weighted by Crippen LogP contribution is -2.84. The average molecular weight is 513 g/mol. The fraction of sp³-hybridized carbons (Fsp3) is 0.455. The molecule has 186 valence electrons. The second-order valence-electron chi connectivity index (χ2n) is 9.20. The number of carbonyl (C=O) groups excluding carboxylic acids is 2. The van der Waals surface area contributed by atoms with Crippen molar-refractivity contribution in [3.63, 3.8) is 0 Å². The summed E-state index contributed by atoms with van der Waals surface area (Å²) in [4.78, 5) is 31.3. The van der Waals surface area contributed by atoms with E-state index in [9.17, 15) is 27.9 Å². The van der Waals surface area contributed by atoms with Gasteiger partial charge in [0.1, 0.15) is 5.75 Å². The number of fused-ring (bicyclic) bond motifs is 1. The van der Waals surface area contributed by atoms with Gasteiger partial charge in [-0.15, -0.1) is 0 Å². The van der Waals surface area contributed by atoms with Crippen LogP contribution in [0.2, 0.25) is 5.02 Å². The van der Waals surface area contributed by atoms with Crippen LogP contribution >= 0.6 is 11.6 Å². The molecule has 3 N–H and O–H groups in total. The number of halogens is 4. The molecule has 9 nitrogen and oxygen atoms in total. The molecular formula is C22H20ClF3N4O5. The first-order chi connectivity index (χ1) is 16.5. The van der Waals surface area contributed by atoms with Gasteiger partial charge < -0.3 is 25.2 Å². The summed E-state index contributed by atoms with van der Waals surface area (Å²) in [6.07, 6.45) is -2.99. The summed E-state index contributed by atoms with van der Waals surface area (Å²) < 4.78 is 48.4. The van der Waals surface area contributed by atoms with Crippen LogP contribution in [0, 0.1) is 0 Å². The zero-order chi connectivity index (χ0) is 25.0. The molecule has 6 rings (SSSR count). The van der Waals surface area contributed by atoms with Gasteiger partial charge in [0.15, 0.2) is 18.5 Å². The molecule has 2 aromatic rings. The number of benzene rings is 1. The molecule has 0 radical (unpaired) electrons. The zero-order valence-electron chi connectivity index (χ0n) is 18.1. The van der Waals surface area contributed by atoms with Crippen molar-refractivity contribution in [3.05, 3.63) is 47.0 Å². The van der Waals surface area contributed by atoms with Gasteiger partial charge in [-0.25, -0.2) is 9.97 Å². The van der Waals surface area contributed by atoms with Crippen molar-refractivity contribution in [1.82, 2.24) is 20.6 Å². The highest BCUT2D eigenvalue weighted by Crippen LogP contribution is 2.60. The van der Waals surface area contributed by atoms with Crippen LogP contribution in [0.3, 0.4) is 0 Å². The first-order valence-corrected chi connectivity index (χ1v) is 11.1. The molecule has 4 aliphatic rings. The monoisotopic (exact) mass is 512 g/mol. The van der Waals surface area contributed by atoms with E-state index in [0.717, 1.165) is 12.4 Å². The Morgan fingerprint density at radius 1 is 1.17 bits per heavy atom. The number of alkyl halides is 3. The summed E-state index contributed by atoms with van der Waals surface area (Å²) >= 11 is 5.95. The second kappa shape index (κ2) is 8.23. The minimum absolute atomic E-state index is 0.0620. The van der Waals surface area contributed by atoms with Gasteiger partial charge in [-0.05, 0) is 37.5 Å². The van der Waals surface area contributed by atoms with Crippen LogP contribution in [0.15, 0.2) is 30.6 Å². The van der Waals surface area contributed by atoms with Crippen LogP contribution in [0.25, 0.3) is 0 Å². The summed E-state index contributed by atoms with van der Waals surface area (Å²) in [6.45, 7) is -0.410. The van der Waals surface area contributed by atoms with E-state index in [2.05, 4.69) is 20.6 Å². The molecule has 3 aliphatic carbocycles. The molecule has 1 aromatic carbocycles. The summed E-state index contributed by atoms with van der Waals surface area (Å²) in [5, 5.41) is 16.7. The summed E-state index contributed by atoms with van der Waals surface area (Å²) in [5.74, 6) is -1.73. The van der Waals surface area contributed by atoms with Crippen molar-refractivity contribution < 1.29 is 37.3 Å². The van der Waals surface area contributed by atoms with Crippen LogP contribution in [0.4, 0.5) is 13.2 Å². The summed E-state index contributed by atoms with van der Waals surface area (Å²) in [6, 6.07) is 4.84. The highest BCUT2D eigenvalue weighted by molar-refractivity contribution is 6.30. The largest absolute Gasteiger partial charge is 0.481 e. The van der Waals surface area contributed by atoms with E-state index in [1.807, 2.05) is 0 Å². The Balaban J connectivity index is 1.08. The minimum atomic E-state index is -4.66. The van der Waals surface area contributed by atoms with E-state index in [0.29, 0.717) is 35.6 Å². The van der Waals surface area contributed by atoms with E-state index in [1.54, 1.807) is 18.2 Å². The van der Waals surface area contributed by atoms with Crippen molar-refractivity contribution >= 4 is 23.4 Å². The van der Waals surface area contributed by atoms with Gasteiger partial charge >= 0.3 is 6.18 Å². The maximum Gasteiger partial charge on any atom is 0.451 e. The number of aliphatic hydroxyl groups excluding tert-OH is 1. The molecule has 0 saturated heterocycles. The van der Waals surface area contributed by atoms with Crippen LogP contribution in [-0.2, 0) is 15.8 Å². The fourth-order valence-electron chi connectivity index (χ4n) is 4.99. The number of ether oxygens (including phenoxy) is 2. The number of aromatic nitrogens is 2. The lowest BCUT2D eigenvalue weighted by atomic mass is 9.44. The molecule has 13 heteroatoms. The molecular weight excluding hydrogens is 493 g/mol. The zero-order valence-corrected chi connectivity index (χ0v) is 18.8. The Labute approximate surface area is 202 Å². The molecule has 35 heavy (non-hydrogen) atoms. The highest BCUT2D eigenvalue weighted by Gasteiger charge is 2.69. The number of hydrogen-bond donors (Lipinski definition) is 3. The molecule has 2 atom stereocenters. The average Bonchev–Trinajstić information content (AvgIpc) is 2.75. The van der Waals surface area contributed by atoms with Crippen molar-refractivity contribution in [2.45, 2.75) is 55.1 Å². The Kier molecular flexibility index (Phi) is 5.55. The molecule has 1 aliphatic heterocycles. The maximum absolute atomic E-state index is 12.8. The molecule has 2 bridgehead atoms. The number of hydrogen-bond acceptors (Lipinski definition) is 7. The van der Waals surface area contributed by atoms with E-state index in [4.69, 9.17) is 21.1 Å². The predicted octanol–water partition coefficient (Wildman–Crippen LogP) is 2.32. The number of nitrogens with zero attached hydrogens (tertiary/aromatic N) is 2. The first-order valence-electron chi connectivity index (χ1n) is 10.8. The molecule has 3 fully saturated rings. The van der Waals surface area contributed by atoms with Crippen molar-refractivity contribution in [3.8, 4) is 11.5 Å². The second-order valence-corrected chi connectivity index (χ2v) is 9.63. The van der Waals surface area contributed by atoms with Gasteiger partial charge in [0, 0.05) is 28.1 Å². The normalized spacial score (nSPS) is 28.5. The standard InChI is InChI=1S/C22H20ClF3N4O5/c23-11-1-2-15-13(3-11)14(31)4-16(35-15)18(33)30-21-8-20(9-21,10-21)29-17(32)7-34-12-5-27-19(28-6-12)22(24,25)26/h1-3,5-6,14,16,31H,4,7-10H2,(H,29,32)(H,30,33)/t14-,16-,20?,21?/m1/s1. The topological polar surface area (TPSA) is 123 Å². The lowest BCUT2D eigenvalue weighted by Gasteiger charge is -2.70. The third-order valence-corrected chi connectivity index (χ3v) is 6.64. The van der Waals surface area contributed by atoms with Gasteiger partial charge in [-0.2, -0.15) is 13.2 Å². The smallest absolute Gasteiger partial charge is 0.451 e. The van der Waals surface area contributed by atoms with Crippen molar-refractivity contribution in [2.24, 2.45) is 0 Å². The Bertz CT molecular complexity index is 1160. The lowest BCUT2D eigenvalue weighted by molar-refractivity contribution is -0.155. The van der Waals surface area contributed by atoms with Crippen molar-refractivity contribution in [2.75, 3.05) is 6.61 Å². The molecule has 1 aromatic heterocycles. The highest BCUT2D eigenvalue weighted by atomic mass is 35.5. The SMILES string of the molecule is O=C(COc1cnc(C(F)(F)F)nc1)NC12CC(NC(=O)[C@H]3C[C@@H](O)c4cc(Cl)ccc4O3)(C1)C2. The van der Waals surface area contributed by atoms with Crippen LogP contribution < -0.4 is 20.1 Å². The molecule has 0 spiro atoms. The van der Waals surface area contributed by atoms with Gasteiger partial charge in [0.05, 0.1) is 18.5 Å². The molecule has 3 saturated carbocycles. The van der Waals surface area contributed by atoms with Gasteiger partial charge in [-0.1, -0.05) is 11.6 Å². The van der Waals surface area contributed by atoms with Crippen LogP contribution in [0.1, 0.15) is 43.2 Å². The van der Waals surface area contributed by atoms with Gasteiger partial charge in [0.25, 0.3) is 11.8 Å². The molecule has 2 amide bonds. The van der Waals surface area contributed by atoms with E-state index in [1.165, 1.54) is 0 Å². The maximum atomic E-state index is 12.8. The molecule has 2 heterocycles.